The minimum atomic E-state index is -0.833. The molecule has 0 aliphatic heterocycles. The Labute approximate surface area is 111 Å². The predicted octanol–water partition coefficient (Wildman–Crippen LogP) is -0.363. The maximum atomic E-state index is 9.00. The molecule has 16 heavy (non-hydrogen) atoms. The second-order valence-electron chi connectivity index (χ2n) is 1.66. The van der Waals surface area contributed by atoms with E-state index in [4.69, 9.17) is 50.1 Å². The average molecular weight is 464 g/mol. The van der Waals surface area contributed by atoms with Crippen LogP contribution in [0.2, 0.25) is 0 Å². The van der Waals surface area contributed by atoms with Crippen molar-refractivity contribution in [1.82, 2.24) is 0 Å². The van der Waals surface area contributed by atoms with Gasteiger partial charge in [-0.3, -0.25) is 9.59 Å². The third kappa shape index (κ3) is 2040. The molecule has 0 aromatic carbocycles. The van der Waals surface area contributed by atoms with Crippen molar-refractivity contribution < 1.29 is 41.8 Å². The first-order valence-corrected chi connectivity index (χ1v) is 9.04. The zero-order chi connectivity index (χ0) is 13.3. The molecule has 0 bridgehead atoms. The molecule has 0 aliphatic carbocycles. The van der Waals surface area contributed by atoms with Gasteiger partial charge in [-0.1, -0.05) is 0 Å². The molecule has 0 radical (unpaired) electrons. The van der Waals surface area contributed by atoms with Gasteiger partial charge in [-0.2, -0.15) is 0 Å². The molecule has 0 aromatic rings. The third-order valence-electron chi connectivity index (χ3n) is 0.167. The Kier molecular flexibility index (Phi) is 67.5. The van der Waals surface area contributed by atoms with Crippen molar-refractivity contribution in [2.75, 3.05) is 13.1 Å². The topological polar surface area (TPSA) is 158 Å². The van der Waals surface area contributed by atoms with Gasteiger partial charge in [0.2, 0.25) is 0 Å². The Balaban J connectivity index is -0.0000000331. The second-order valence-corrected chi connectivity index (χ2v) is 4.94. The van der Waals surface area contributed by atoms with Gasteiger partial charge in [0.05, 0.1) is 0 Å². The average Bonchev–Trinajstić information content (AvgIpc) is 2.03. The Hall–Kier alpha value is 0.0883. The van der Waals surface area contributed by atoms with Gasteiger partial charge in [-0.25, -0.2) is 0 Å². The summed E-state index contributed by atoms with van der Waals surface area (Å²) < 4.78 is 0. The van der Waals surface area contributed by atoms with Gasteiger partial charge in [-0.05, 0) is 0 Å². The van der Waals surface area contributed by atoms with Crippen molar-refractivity contribution in [3.05, 3.63) is 0 Å². The summed E-state index contributed by atoms with van der Waals surface area (Å²) in [5.74, 6) is -1.67. The summed E-state index contributed by atoms with van der Waals surface area (Å²) in [4.78, 5) is 18.0. The first kappa shape index (κ1) is 29.8. The molecule has 0 unspecified atom stereocenters. The fraction of sp³-hybridized carbons (Fsp3) is 0.667. The molecular formula is C6H18Cl2N2O5Pt. The molecule has 0 amide bonds. The maximum absolute atomic E-state index is 9.00. The molecule has 0 fully saturated rings. The standard InChI is InChI=1S/C2H8N2.2C2H4O2.2ClH.H2O.Pt/c3-1-2-4;2*1-2(3)4;;;;/h1-4H2;2*1H3,(H,3,4);2*1H;1H2;/q;;;;;;+2/p-2. The van der Waals surface area contributed by atoms with E-state index in [-0.39, 0.29) is 5.48 Å². The number of carbonyl (C=O) groups is 2. The Morgan fingerprint density at radius 3 is 1.12 bits per heavy atom. The summed E-state index contributed by atoms with van der Waals surface area (Å²) in [5.41, 5.74) is 9.81. The molecule has 0 aliphatic rings. The number of carboxylic acid groups (broad SMARTS) is 2. The van der Waals surface area contributed by atoms with Crippen LogP contribution in [0.3, 0.4) is 0 Å². The summed E-state index contributed by atoms with van der Waals surface area (Å²) in [5, 5.41) is 14.8. The van der Waals surface area contributed by atoms with Crippen molar-refractivity contribution >= 4 is 30.8 Å². The van der Waals surface area contributed by atoms with Crippen molar-refractivity contribution in [3.8, 4) is 0 Å². The van der Waals surface area contributed by atoms with Crippen molar-refractivity contribution in [3.63, 3.8) is 0 Å². The van der Waals surface area contributed by atoms with E-state index in [1.165, 1.54) is 0 Å². The van der Waals surface area contributed by atoms with Crippen LogP contribution in [-0.4, -0.2) is 40.7 Å². The number of hydrogen-bond acceptors (Lipinski definition) is 4. The van der Waals surface area contributed by atoms with E-state index in [1.54, 1.807) is 0 Å². The summed E-state index contributed by atoms with van der Waals surface area (Å²) in [6, 6.07) is 0. The Morgan fingerprint density at radius 1 is 1.06 bits per heavy atom. The van der Waals surface area contributed by atoms with Gasteiger partial charge in [0.15, 0.2) is 0 Å². The Bertz CT molecular complexity index is 120. The van der Waals surface area contributed by atoms with E-state index in [0.29, 0.717) is 13.1 Å². The quantitative estimate of drug-likeness (QED) is 0.415. The predicted molar refractivity (Wildman–Crippen MR) is 60.0 cm³/mol. The van der Waals surface area contributed by atoms with Crippen molar-refractivity contribution in [2.24, 2.45) is 11.5 Å². The van der Waals surface area contributed by atoms with Crippen molar-refractivity contribution in [2.45, 2.75) is 13.8 Å². The molecule has 0 spiro atoms. The van der Waals surface area contributed by atoms with Gasteiger partial charge in [0.1, 0.15) is 0 Å². The number of rotatable bonds is 1. The zero-order valence-electron chi connectivity index (χ0n) is 8.85. The first-order chi connectivity index (χ1) is 6.79. The van der Waals surface area contributed by atoms with E-state index < -0.39 is 28.4 Å². The Morgan fingerprint density at radius 2 is 1.12 bits per heavy atom. The van der Waals surface area contributed by atoms with E-state index in [2.05, 4.69) is 0 Å². The fourth-order valence-corrected chi connectivity index (χ4v) is 0. The van der Waals surface area contributed by atoms with Crippen LogP contribution in [0.5, 0.6) is 0 Å². The number of carboxylic acids is 2. The zero-order valence-corrected chi connectivity index (χ0v) is 12.6. The van der Waals surface area contributed by atoms with Crippen molar-refractivity contribution in [1.29, 1.82) is 0 Å². The third-order valence-corrected chi connectivity index (χ3v) is 0.167. The molecule has 0 atom stereocenters. The van der Waals surface area contributed by atoms with E-state index >= 15 is 0 Å². The summed E-state index contributed by atoms with van der Waals surface area (Å²) in [6.07, 6.45) is 0. The van der Waals surface area contributed by atoms with E-state index in [9.17, 15) is 0 Å². The fourth-order valence-electron chi connectivity index (χ4n) is 0. The van der Waals surface area contributed by atoms with Crippen LogP contribution in [0, 0.1) is 0 Å². The summed E-state index contributed by atoms with van der Waals surface area (Å²) in [6.45, 7) is 3.36. The SMILES string of the molecule is CC(=O)O.CC(=O)O.NCCN.O.[Cl][Pt][Cl]. The summed E-state index contributed by atoms with van der Waals surface area (Å²) in [7, 11) is 9.75. The first-order valence-electron chi connectivity index (χ1n) is 3.41. The molecule has 0 aromatic heterocycles. The molecular weight excluding hydrogens is 446 g/mol. The second kappa shape index (κ2) is 36.3. The molecule has 8 N–H and O–H groups in total. The normalized spacial score (nSPS) is 6.38. The van der Waals surface area contributed by atoms with Crippen LogP contribution in [0.25, 0.3) is 0 Å². The molecule has 0 saturated heterocycles. The monoisotopic (exact) mass is 463 g/mol. The van der Waals surface area contributed by atoms with Gasteiger partial charge in [-0.15, -0.1) is 0 Å². The number of aliphatic carboxylic acids is 2. The molecule has 7 nitrogen and oxygen atoms in total. The number of nitrogens with two attached hydrogens (primary N) is 2. The minimum absolute atomic E-state index is 0. The van der Waals surface area contributed by atoms with Crippen LogP contribution in [-0.2, 0) is 26.1 Å². The van der Waals surface area contributed by atoms with Gasteiger partial charge in [0.25, 0.3) is 11.9 Å². The molecule has 0 heterocycles. The molecule has 0 saturated carbocycles. The van der Waals surface area contributed by atoms with Crippen LogP contribution in [0.15, 0.2) is 0 Å². The van der Waals surface area contributed by atoms with Crippen LogP contribution in [0.1, 0.15) is 13.8 Å². The van der Waals surface area contributed by atoms with Gasteiger partial charge in [0, 0.05) is 26.9 Å². The molecule has 0 rings (SSSR count). The number of halogens is 2. The summed E-state index contributed by atoms with van der Waals surface area (Å²) >= 11 is -0.472. The van der Waals surface area contributed by atoms with E-state index in [0.717, 1.165) is 13.8 Å². The van der Waals surface area contributed by atoms with Crippen LogP contribution < -0.4 is 11.5 Å². The molecule has 10 heteroatoms. The number of hydrogen-bond donors (Lipinski definition) is 4. The van der Waals surface area contributed by atoms with E-state index in [1.807, 2.05) is 0 Å². The van der Waals surface area contributed by atoms with Gasteiger partial charge < -0.3 is 27.2 Å². The van der Waals surface area contributed by atoms with Crippen LogP contribution in [0.4, 0.5) is 0 Å². The van der Waals surface area contributed by atoms with Gasteiger partial charge >= 0.3 is 35.3 Å². The molecule has 106 valence electrons. The van der Waals surface area contributed by atoms with Crippen LogP contribution >= 0.6 is 18.8 Å².